The highest BCUT2D eigenvalue weighted by molar-refractivity contribution is 7.88. The van der Waals surface area contributed by atoms with Crippen LogP contribution in [-0.2, 0) is 19.6 Å². The van der Waals surface area contributed by atoms with E-state index in [9.17, 15) is 13.2 Å². The molecule has 0 saturated heterocycles. The summed E-state index contributed by atoms with van der Waals surface area (Å²) >= 11 is 0. The second kappa shape index (κ2) is 7.59. The van der Waals surface area contributed by atoms with Crippen molar-refractivity contribution in [3.8, 4) is 0 Å². The van der Waals surface area contributed by atoms with E-state index in [1.807, 2.05) is 6.92 Å². The van der Waals surface area contributed by atoms with Gasteiger partial charge in [-0.3, -0.25) is 4.79 Å². The van der Waals surface area contributed by atoms with Crippen molar-refractivity contribution in [3.05, 3.63) is 0 Å². The molecule has 0 rings (SSSR count). The first kappa shape index (κ1) is 15.3. The summed E-state index contributed by atoms with van der Waals surface area (Å²) in [6, 6.07) is 0.0330. The largest absolute Gasteiger partial charge is 0.469 e. The molecule has 0 radical (unpaired) electrons. The maximum absolute atomic E-state index is 10.9. The van der Waals surface area contributed by atoms with Gasteiger partial charge in [-0.1, -0.05) is 0 Å². The number of carbonyl (C=O) groups is 1. The monoisotopic (exact) mass is 252 g/mol. The van der Waals surface area contributed by atoms with Crippen molar-refractivity contribution in [2.75, 3.05) is 26.5 Å². The molecule has 6 nitrogen and oxygen atoms in total. The Hall–Kier alpha value is -0.660. The van der Waals surface area contributed by atoms with Crippen LogP contribution in [0.1, 0.15) is 19.8 Å². The number of rotatable bonds is 8. The lowest BCUT2D eigenvalue weighted by molar-refractivity contribution is -0.141. The fourth-order valence-corrected chi connectivity index (χ4v) is 1.62. The first-order valence-corrected chi connectivity index (χ1v) is 6.99. The van der Waals surface area contributed by atoms with Crippen molar-refractivity contribution in [1.29, 1.82) is 0 Å². The van der Waals surface area contributed by atoms with Crippen LogP contribution in [0.5, 0.6) is 0 Å². The molecule has 7 heteroatoms. The molecule has 96 valence electrons. The van der Waals surface area contributed by atoms with Crippen LogP contribution in [0, 0.1) is 0 Å². The highest BCUT2D eigenvalue weighted by Crippen LogP contribution is 1.92. The molecule has 0 aromatic heterocycles. The van der Waals surface area contributed by atoms with Gasteiger partial charge in [-0.15, -0.1) is 0 Å². The van der Waals surface area contributed by atoms with Crippen molar-refractivity contribution < 1.29 is 17.9 Å². The Morgan fingerprint density at radius 3 is 2.50 bits per heavy atom. The molecule has 0 bridgehead atoms. The van der Waals surface area contributed by atoms with E-state index >= 15 is 0 Å². The standard InChI is InChI=1S/C9H20N2O4S/c1-8(7-9(12)15-2)10-5-4-6-11-16(3,13)14/h8,10-11H,4-7H2,1-3H3. The number of esters is 1. The Labute approximate surface area is 96.8 Å². The molecule has 0 fully saturated rings. The minimum Gasteiger partial charge on any atom is -0.469 e. The molecule has 0 heterocycles. The summed E-state index contributed by atoms with van der Waals surface area (Å²) < 4.78 is 28.4. The van der Waals surface area contributed by atoms with Gasteiger partial charge in [0.15, 0.2) is 0 Å². The molecule has 0 saturated carbocycles. The Balaban J connectivity index is 3.48. The number of nitrogens with one attached hydrogen (secondary N) is 2. The van der Waals surface area contributed by atoms with E-state index < -0.39 is 10.0 Å². The van der Waals surface area contributed by atoms with Crippen molar-refractivity contribution >= 4 is 16.0 Å². The van der Waals surface area contributed by atoms with Crippen LogP contribution in [0.2, 0.25) is 0 Å². The van der Waals surface area contributed by atoms with Gasteiger partial charge in [0.2, 0.25) is 10.0 Å². The van der Waals surface area contributed by atoms with Gasteiger partial charge in [0.05, 0.1) is 19.8 Å². The second-order valence-electron chi connectivity index (χ2n) is 3.66. The Kier molecular flexibility index (Phi) is 7.27. The normalized spacial score (nSPS) is 13.4. The summed E-state index contributed by atoms with van der Waals surface area (Å²) in [6.45, 7) is 2.93. The number of hydrogen-bond acceptors (Lipinski definition) is 5. The predicted molar refractivity (Wildman–Crippen MR) is 61.6 cm³/mol. The highest BCUT2D eigenvalue weighted by Gasteiger charge is 2.07. The van der Waals surface area contributed by atoms with Crippen LogP contribution in [0.25, 0.3) is 0 Å². The van der Waals surface area contributed by atoms with Crippen molar-refractivity contribution in [2.45, 2.75) is 25.8 Å². The first-order valence-electron chi connectivity index (χ1n) is 5.10. The van der Waals surface area contributed by atoms with Crippen molar-refractivity contribution in [3.63, 3.8) is 0 Å². The van der Waals surface area contributed by atoms with E-state index in [0.29, 0.717) is 25.9 Å². The van der Waals surface area contributed by atoms with Gasteiger partial charge in [-0.2, -0.15) is 0 Å². The lowest BCUT2D eigenvalue weighted by Crippen LogP contribution is -2.32. The molecule has 0 amide bonds. The van der Waals surface area contributed by atoms with E-state index in [-0.39, 0.29) is 12.0 Å². The second-order valence-corrected chi connectivity index (χ2v) is 5.49. The van der Waals surface area contributed by atoms with Gasteiger partial charge in [-0.25, -0.2) is 13.1 Å². The number of hydrogen-bond donors (Lipinski definition) is 2. The van der Waals surface area contributed by atoms with Gasteiger partial charge >= 0.3 is 5.97 Å². The molecule has 0 aromatic carbocycles. The number of methoxy groups -OCH3 is 1. The van der Waals surface area contributed by atoms with Gasteiger partial charge < -0.3 is 10.1 Å². The quantitative estimate of drug-likeness (QED) is 0.448. The van der Waals surface area contributed by atoms with E-state index in [1.54, 1.807) is 0 Å². The smallest absolute Gasteiger partial charge is 0.307 e. The fraction of sp³-hybridized carbons (Fsp3) is 0.889. The maximum atomic E-state index is 10.9. The van der Waals surface area contributed by atoms with Crippen LogP contribution >= 0.6 is 0 Å². The SMILES string of the molecule is COC(=O)CC(C)NCCCNS(C)(=O)=O. The summed E-state index contributed by atoms with van der Waals surface area (Å²) in [4.78, 5) is 10.9. The minimum absolute atomic E-state index is 0.0330. The summed E-state index contributed by atoms with van der Waals surface area (Å²) in [6.07, 6.45) is 2.12. The first-order chi connectivity index (χ1) is 7.35. The van der Waals surface area contributed by atoms with Crippen LogP contribution in [0.4, 0.5) is 0 Å². The molecule has 16 heavy (non-hydrogen) atoms. The van der Waals surface area contributed by atoms with Crippen LogP contribution in [0.3, 0.4) is 0 Å². The molecule has 0 aliphatic heterocycles. The van der Waals surface area contributed by atoms with Crippen LogP contribution in [0.15, 0.2) is 0 Å². The molecule has 0 aliphatic rings. The average molecular weight is 252 g/mol. The van der Waals surface area contributed by atoms with Crippen molar-refractivity contribution in [1.82, 2.24) is 10.0 Å². The minimum atomic E-state index is -3.10. The predicted octanol–water partition coefficient (Wildman–Crippen LogP) is -0.533. The zero-order chi connectivity index (χ0) is 12.6. The number of sulfonamides is 1. The van der Waals surface area contributed by atoms with Crippen LogP contribution < -0.4 is 10.0 Å². The average Bonchev–Trinajstić information content (AvgIpc) is 2.15. The topological polar surface area (TPSA) is 84.5 Å². The molecular formula is C9H20N2O4S. The summed E-state index contributed by atoms with van der Waals surface area (Å²) in [7, 11) is -1.75. The lowest BCUT2D eigenvalue weighted by Gasteiger charge is -2.12. The van der Waals surface area contributed by atoms with E-state index in [2.05, 4.69) is 14.8 Å². The lowest BCUT2D eigenvalue weighted by atomic mass is 10.2. The summed E-state index contributed by atoms with van der Waals surface area (Å²) in [5, 5.41) is 3.10. The molecule has 0 aromatic rings. The summed E-state index contributed by atoms with van der Waals surface area (Å²) in [5.74, 6) is -0.255. The molecule has 1 unspecified atom stereocenters. The van der Waals surface area contributed by atoms with Gasteiger partial charge in [0.25, 0.3) is 0 Å². The maximum Gasteiger partial charge on any atom is 0.307 e. The Morgan fingerprint density at radius 2 is 2.00 bits per heavy atom. The Bertz CT molecular complexity index is 303. The van der Waals surface area contributed by atoms with Gasteiger partial charge in [0.1, 0.15) is 0 Å². The molecule has 1 atom stereocenters. The van der Waals surface area contributed by atoms with E-state index in [4.69, 9.17) is 0 Å². The molecular weight excluding hydrogens is 232 g/mol. The molecule has 0 aliphatic carbocycles. The zero-order valence-corrected chi connectivity index (χ0v) is 10.8. The molecule has 2 N–H and O–H groups in total. The number of carbonyl (C=O) groups excluding carboxylic acids is 1. The van der Waals surface area contributed by atoms with Crippen molar-refractivity contribution in [2.24, 2.45) is 0 Å². The van der Waals surface area contributed by atoms with Crippen LogP contribution in [-0.4, -0.2) is 46.9 Å². The fourth-order valence-electron chi connectivity index (χ4n) is 1.10. The molecule has 0 spiro atoms. The third-order valence-electron chi connectivity index (χ3n) is 1.91. The number of ether oxygens (including phenoxy) is 1. The van der Waals surface area contributed by atoms with Gasteiger partial charge in [-0.05, 0) is 19.9 Å². The van der Waals surface area contributed by atoms with E-state index in [1.165, 1.54) is 7.11 Å². The van der Waals surface area contributed by atoms with Gasteiger partial charge in [0, 0.05) is 12.6 Å². The summed E-state index contributed by atoms with van der Waals surface area (Å²) in [5.41, 5.74) is 0. The third-order valence-corrected chi connectivity index (χ3v) is 2.64. The van der Waals surface area contributed by atoms with E-state index in [0.717, 1.165) is 6.26 Å². The zero-order valence-electron chi connectivity index (χ0n) is 9.95. The highest BCUT2D eigenvalue weighted by atomic mass is 32.2. The third kappa shape index (κ3) is 9.88. The Morgan fingerprint density at radius 1 is 1.38 bits per heavy atom.